The van der Waals surface area contributed by atoms with E-state index in [1.54, 1.807) is 11.4 Å². The molecule has 0 aliphatic carbocycles. The summed E-state index contributed by atoms with van der Waals surface area (Å²) in [6, 6.07) is 9.31. The number of thiophene rings is 1. The smallest absolute Gasteiger partial charge is 0.309 e. The van der Waals surface area contributed by atoms with E-state index in [1.165, 1.54) is 16.7 Å². The first-order valence-corrected chi connectivity index (χ1v) is 11.6. The van der Waals surface area contributed by atoms with E-state index in [0.29, 0.717) is 5.69 Å². The minimum Gasteiger partial charge on any atom is -0.481 e. The lowest BCUT2D eigenvalue weighted by Crippen LogP contribution is -2.11. The van der Waals surface area contributed by atoms with Gasteiger partial charge in [-0.1, -0.05) is 12.1 Å². The van der Waals surface area contributed by atoms with Crippen LogP contribution in [0.15, 0.2) is 45.3 Å². The SMILES string of the molecule is O=C(O)Cc1csc(NS(=O)(=O)c2cc(-c3nc4ccccc4s3)cs2)n1. The summed E-state index contributed by atoms with van der Waals surface area (Å²) in [6.45, 7) is 0. The van der Waals surface area contributed by atoms with Crippen molar-refractivity contribution in [1.29, 1.82) is 0 Å². The van der Waals surface area contributed by atoms with Gasteiger partial charge in [0.05, 0.1) is 22.3 Å². The Kier molecular flexibility index (Phi) is 4.68. The van der Waals surface area contributed by atoms with Crippen LogP contribution in [0.25, 0.3) is 20.8 Å². The molecule has 0 unspecified atom stereocenters. The van der Waals surface area contributed by atoms with Gasteiger partial charge < -0.3 is 5.11 Å². The first-order chi connectivity index (χ1) is 12.9. The van der Waals surface area contributed by atoms with Gasteiger partial charge in [0.1, 0.15) is 9.22 Å². The fraction of sp³-hybridized carbons (Fsp3) is 0.0625. The number of carbonyl (C=O) groups is 1. The number of anilines is 1. The van der Waals surface area contributed by atoms with E-state index in [0.717, 1.165) is 43.5 Å². The third-order valence-electron chi connectivity index (χ3n) is 3.49. The number of rotatable bonds is 6. The van der Waals surface area contributed by atoms with Gasteiger partial charge in [-0.3, -0.25) is 9.52 Å². The summed E-state index contributed by atoms with van der Waals surface area (Å²) in [7, 11) is -3.80. The topological polar surface area (TPSA) is 109 Å². The van der Waals surface area contributed by atoms with Crippen LogP contribution in [0.4, 0.5) is 5.13 Å². The second-order valence-corrected chi connectivity index (χ2v) is 10.2. The molecule has 0 aliphatic rings. The minimum absolute atomic E-state index is 0.140. The van der Waals surface area contributed by atoms with Crippen LogP contribution >= 0.6 is 34.0 Å². The monoisotopic (exact) mass is 437 g/mol. The zero-order valence-corrected chi connectivity index (χ0v) is 16.7. The fourth-order valence-corrected chi connectivity index (χ4v) is 6.48. The maximum atomic E-state index is 12.6. The van der Waals surface area contributed by atoms with Crippen molar-refractivity contribution >= 4 is 65.4 Å². The summed E-state index contributed by atoms with van der Waals surface area (Å²) >= 11 is 3.65. The predicted octanol–water partition coefficient (Wildman–Crippen LogP) is 3.91. The molecule has 0 amide bonds. The third kappa shape index (κ3) is 3.86. The highest BCUT2D eigenvalue weighted by Gasteiger charge is 2.20. The molecule has 2 N–H and O–H groups in total. The molecule has 138 valence electrons. The Morgan fingerprint density at radius 2 is 1.96 bits per heavy atom. The number of thiazole rings is 2. The van der Waals surface area contributed by atoms with Crippen molar-refractivity contribution in [3.63, 3.8) is 0 Å². The summed E-state index contributed by atoms with van der Waals surface area (Å²) in [5.74, 6) is -1.02. The Balaban J connectivity index is 1.57. The molecular weight excluding hydrogens is 426 g/mol. The molecule has 0 radical (unpaired) electrons. The Hall–Kier alpha value is -2.34. The fourth-order valence-electron chi connectivity index (χ4n) is 2.32. The third-order valence-corrected chi connectivity index (χ3v) is 8.29. The molecule has 7 nitrogen and oxygen atoms in total. The number of hydrogen-bond donors (Lipinski definition) is 2. The van der Waals surface area contributed by atoms with Gasteiger partial charge in [0.2, 0.25) is 0 Å². The maximum absolute atomic E-state index is 12.6. The number of carboxylic acid groups (broad SMARTS) is 1. The van der Waals surface area contributed by atoms with Crippen molar-refractivity contribution in [3.05, 3.63) is 46.8 Å². The number of nitrogens with zero attached hydrogens (tertiary/aromatic N) is 2. The minimum atomic E-state index is -3.80. The zero-order valence-electron chi connectivity index (χ0n) is 13.4. The number of sulfonamides is 1. The number of nitrogens with one attached hydrogen (secondary N) is 1. The summed E-state index contributed by atoms with van der Waals surface area (Å²) in [5.41, 5.74) is 1.93. The number of fused-ring (bicyclic) bond motifs is 1. The van der Waals surface area contributed by atoms with Crippen LogP contribution in [-0.4, -0.2) is 29.5 Å². The quantitative estimate of drug-likeness (QED) is 0.473. The van der Waals surface area contributed by atoms with Crippen LogP contribution in [-0.2, 0) is 21.2 Å². The number of aliphatic carboxylic acids is 1. The number of para-hydroxylation sites is 1. The number of aromatic nitrogens is 2. The molecule has 3 heterocycles. The van der Waals surface area contributed by atoms with Gasteiger partial charge in [0.25, 0.3) is 10.0 Å². The van der Waals surface area contributed by atoms with Gasteiger partial charge in [-0.05, 0) is 18.2 Å². The Morgan fingerprint density at radius 1 is 1.15 bits per heavy atom. The van der Waals surface area contributed by atoms with Crippen molar-refractivity contribution in [3.8, 4) is 10.6 Å². The molecular formula is C16H11N3O4S4. The van der Waals surface area contributed by atoms with E-state index in [9.17, 15) is 13.2 Å². The molecule has 4 rings (SSSR count). The lowest BCUT2D eigenvalue weighted by Gasteiger charge is -2.01. The van der Waals surface area contributed by atoms with Crippen LogP contribution in [0, 0.1) is 0 Å². The van der Waals surface area contributed by atoms with E-state index < -0.39 is 16.0 Å². The molecule has 3 aromatic heterocycles. The Bertz CT molecular complexity index is 1210. The van der Waals surface area contributed by atoms with E-state index in [4.69, 9.17) is 5.11 Å². The lowest BCUT2D eigenvalue weighted by atomic mass is 10.3. The van der Waals surface area contributed by atoms with Crippen molar-refractivity contribution < 1.29 is 18.3 Å². The van der Waals surface area contributed by atoms with Crippen molar-refractivity contribution in [2.45, 2.75) is 10.6 Å². The molecule has 0 spiro atoms. The second-order valence-electron chi connectivity index (χ2n) is 5.46. The van der Waals surface area contributed by atoms with E-state index in [-0.39, 0.29) is 15.8 Å². The van der Waals surface area contributed by atoms with Crippen LogP contribution in [0.5, 0.6) is 0 Å². The van der Waals surface area contributed by atoms with Gasteiger partial charge >= 0.3 is 5.97 Å². The average molecular weight is 438 g/mol. The first-order valence-electron chi connectivity index (χ1n) is 7.54. The molecule has 0 atom stereocenters. The van der Waals surface area contributed by atoms with E-state index in [2.05, 4.69) is 14.7 Å². The second kappa shape index (κ2) is 7.00. The average Bonchev–Trinajstić information content (AvgIpc) is 3.32. The van der Waals surface area contributed by atoms with Gasteiger partial charge in [0, 0.05) is 16.3 Å². The molecule has 27 heavy (non-hydrogen) atoms. The predicted molar refractivity (Wildman–Crippen MR) is 107 cm³/mol. The Labute approximate surface area is 166 Å². The van der Waals surface area contributed by atoms with Crippen LogP contribution in [0.1, 0.15) is 5.69 Å². The summed E-state index contributed by atoms with van der Waals surface area (Å²) in [5, 5.41) is 12.9. The summed E-state index contributed by atoms with van der Waals surface area (Å²) in [6.07, 6.45) is -0.251. The van der Waals surface area contributed by atoms with Crippen LogP contribution in [0.3, 0.4) is 0 Å². The number of carboxylic acids is 1. The van der Waals surface area contributed by atoms with Crippen LogP contribution < -0.4 is 4.72 Å². The number of benzene rings is 1. The molecule has 0 bridgehead atoms. The van der Waals surface area contributed by atoms with Crippen LogP contribution in [0.2, 0.25) is 0 Å². The summed E-state index contributed by atoms with van der Waals surface area (Å²) in [4.78, 5) is 19.2. The highest BCUT2D eigenvalue weighted by molar-refractivity contribution is 7.94. The standard InChI is InChI=1S/C16H11N3O4S4/c20-13(21)6-10-8-25-16(17-10)19-27(22,23)14-5-9(7-24-14)15-18-11-3-1-2-4-12(11)26-15/h1-5,7-8H,6H2,(H,17,19)(H,20,21). The van der Waals surface area contributed by atoms with Crippen molar-refractivity contribution in [1.82, 2.24) is 9.97 Å². The largest absolute Gasteiger partial charge is 0.481 e. The zero-order chi connectivity index (χ0) is 19.0. The van der Waals surface area contributed by atoms with Gasteiger partial charge in [-0.25, -0.2) is 18.4 Å². The number of hydrogen-bond acceptors (Lipinski definition) is 8. The Morgan fingerprint density at radius 3 is 2.74 bits per heavy atom. The van der Waals surface area contributed by atoms with E-state index >= 15 is 0 Å². The highest BCUT2D eigenvalue weighted by Crippen LogP contribution is 2.34. The molecule has 0 aliphatic heterocycles. The molecule has 0 saturated carbocycles. The molecule has 0 fully saturated rings. The summed E-state index contributed by atoms with van der Waals surface area (Å²) < 4.78 is 28.7. The van der Waals surface area contributed by atoms with E-state index in [1.807, 2.05) is 24.3 Å². The molecule has 0 saturated heterocycles. The maximum Gasteiger partial charge on any atom is 0.309 e. The molecule has 11 heteroatoms. The van der Waals surface area contributed by atoms with Crippen molar-refractivity contribution in [2.24, 2.45) is 0 Å². The van der Waals surface area contributed by atoms with Gasteiger partial charge in [-0.15, -0.1) is 34.0 Å². The highest BCUT2D eigenvalue weighted by atomic mass is 32.2. The molecule has 1 aromatic carbocycles. The first kappa shape index (κ1) is 18.0. The lowest BCUT2D eigenvalue weighted by molar-refractivity contribution is -0.136. The van der Waals surface area contributed by atoms with Gasteiger partial charge in [-0.2, -0.15) is 0 Å². The van der Waals surface area contributed by atoms with Gasteiger partial charge in [0.15, 0.2) is 5.13 Å². The molecule has 4 aromatic rings. The van der Waals surface area contributed by atoms with Crippen molar-refractivity contribution in [2.75, 3.05) is 4.72 Å². The normalized spacial score (nSPS) is 11.7.